The van der Waals surface area contributed by atoms with Crippen LogP contribution in [0.15, 0.2) is 18.3 Å². The predicted octanol–water partition coefficient (Wildman–Crippen LogP) is 2.29. The Morgan fingerprint density at radius 2 is 2.41 bits per heavy atom. The highest BCUT2D eigenvalue weighted by Gasteiger charge is 2.32. The van der Waals surface area contributed by atoms with E-state index < -0.39 is 6.10 Å². The Bertz CT molecular complexity index is 363. The Balaban J connectivity index is 2.23. The van der Waals surface area contributed by atoms with Crippen LogP contribution in [0.5, 0.6) is 0 Å². The van der Waals surface area contributed by atoms with Crippen molar-refractivity contribution in [2.45, 2.75) is 50.7 Å². The third-order valence-corrected chi connectivity index (χ3v) is 3.74. The van der Waals surface area contributed by atoms with Crippen molar-refractivity contribution in [2.75, 3.05) is 7.11 Å². The highest BCUT2D eigenvalue weighted by atomic mass is 16.5. The van der Waals surface area contributed by atoms with E-state index in [1.54, 1.807) is 7.11 Å². The van der Waals surface area contributed by atoms with Crippen LogP contribution in [-0.2, 0) is 11.2 Å². The molecule has 1 aromatic heterocycles. The van der Waals surface area contributed by atoms with Crippen molar-refractivity contribution in [1.29, 1.82) is 0 Å². The number of hydrogen-bond acceptors (Lipinski definition) is 3. The summed E-state index contributed by atoms with van der Waals surface area (Å²) in [4.78, 5) is 4.46. The molecule has 17 heavy (non-hydrogen) atoms. The zero-order valence-corrected chi connectivity index (χ0v) is 10.6. The number of rotatable bonds is 4. The summed E-state index contributed by atoms with van der Waals surface area (Å²) in [6, 6.07) is 4.09. The molecule has 3 unspecified atom stereocenters. The fourth-order valence-electron chi connectivity index (χ4n) is 2.78. The fourth-order valence-corrected chi connectivity index (χ4v) is 2.78. The van der Waals surface area contributed by atoms with E-state index in [-0.39, 0.29) is 12.0 Å². The second-order valence-corrected chi connectivity index (χ2v) is 4.72. The van der Waals surface area contributed by atoms with Gasteiger partial charge in [0.1, 0.15) is 0 Å². The van der Waals surface area contributed by atoms with Crippen LogP contribution in [-0.4, -0.2) is 29.4 Å². The molecular formula is C14H21NO2. The number of hydrogen-bond donors (Lipinski definition) is 1. The first-order valence-corrected chi connectivity index (χ1v) is 6.42. The van der Waals surface area contributed by atoms with E-state index in [0.717, 1.165) is 31.4 Å². The largest absolute Gasteiger partial charge is 0.390 e. The third kappa shape index (κ3) is 2.50. The lowest BCUT2D eigenvalue weighted by Crippen LogP contribution is -2.35. The molecule has 0 radical (unpaired) electrons. The Labute approximate surface area is 103 Å². The molecule has 1 aliphatic rings. The molecule has 0 bridgehead atoms. The molecule has 3 heteroatoms. The quantitative estimate of drug-likeness (QED) is 0.870. The first kappa shape index (κ1) is 12.5. The molecule has 0 aromatic carbocycles. The zero-order valence-electron chi connectivity index (χ0n) is 10.6. The van der Waals surface area contributed by atoms with Gasteiger partial charge in [0, 0.05) is 24.9 Å². The smallest absolute Gasteiger partial charge is 0.0885 e. The van der Waals surface area contributed by atoms with Gasteiger partial charge >= 0.3 is 0 Å². The van der Waals surface area contributed by atoms with Crippen LogP contribution in [0, 0.1) is 0 Å². The first-order valence-electron chi connectivity index (χ1n) is 6.42. The van der Waals surface area contributed by atoms with Gasteiger partial charge in [0.15, 0.2) is 0 Å². The maximum absolute atomic E-state index is 10.4. The molecule has 3 nitrogen and oxygen atoms in total. The number of nitrogens with zero attached hydrogens (tertiary/aromatic N) is 1. The van der Waals surface area contributed by atoms with E-state index in [1.165, 1.54) is 5.56 Å². The van der Waals surface area contributed by atoms with Crippen molar-refractivity contribution in [3.05, 3.63) is 29.6 Å². The average Bonchev–Trinajstić information content (AvgIpc) is 2.39. The molecule has 0 spiro atoms. The predicted molar refractivity (Wildman–Crippen MR) is 67.0 cm³/mol. The van der Waals surface area contributed by atoms with Crippen molar-refractivity contribution >= 4 is 0 Å². The van der Waals surface area contributed by atoms with E-state index in [4.69, 9.17) is 4.74 Å². The molecule has 0 aliphatic heterocycles. The molecular weight excluding hydrogens is 214 g/mol. The SMILES string of the molecule is CCC(OC)C(O)C1CCCc2cccnc21. The number of methoxy groups -OCH3 is 1. The van der Waals surface area contributed by atoms with Crippen LogP contribution in [0.25, 0.3) is 0 Å². The third-order valence-electron chi connectivity index (χ3n) is 3.74. The van der Waals surface area contributed by atoms with Crippen LogP contribution >= 0.6 is 0 Å². The lowest BCUT2D eigenvalue weighted by atomic mass is 9.81. The summed E-state index contributed by atoms with van der Waals surface area (Å²) in [6.45, 7) is 2.04. The summed E-state index contributed by atoms with van der Waals surface area (Å²) in [6.07, 6.45) is 5.32. The number of pyridine rings is 1. The molecule has 1 heterocycles. The number of aryl methyl sites for hydroxylation is 1. The van der Waals surface area contributed by atoms with Crippen LogP contribution < -0.4 is 0 Å². The molecule has 1 aromatic rings. The summed E-state index contributed by atoms with van der Waals surface area (Å²) < 4.78 is 5.35. The van der Waals surface area contributed by atoms with Crippen LogP contribution in [0.3, 0.4) is 0 Å². The Kier molecular flexibility index (Phi) is 4.13. The first-order chi connectivity index (χ1) is 8.27. The average molecular weight is 235 g/mol. The topological polar surface area (TPSA) is 42.4 Å². The van der Waals surface area contributed by atoms with Crippen molar-refractivity contribution in [1.82, 2.24) is 4.98 Å². The molecule has 94 valence electrons. The molecule has 1 N–H and O–H groups in total. The van der Waals surface area contributed by atoms with Gasteiger partial charge in [0.05, 0.1) is 12.2 Å². The van der Waals surface area contributed by atoms with Crippen molar-refractivity contribution in [3.63, 3.8) is 0 Å². The van der Waals surface area contributed by atoms with Crippen LogP contribution in [0.4, 0.5) is 0 Å². The second kappa shape index (κ2) is 5.61. The van der Waals surface area contributed by atoms with E-state index in [2.05, 4.69) is 11.1 Å². The van der Waals surface area contributed by atoms with Gasteiger partial charge in [-0.1, -0.05) is 13.0 Å². The van der Waals surface area contributed by atoms with Gasteiger partial charge in [-0.3, -0.25) is 4.98 Å². The molecule has 0 saturated carbocycles. The molecule has 3 atom stereocenters. The minimum absolute atomic E-state index is 0.0899. The Morgan fingerprint density at radius 3 is 3.12 bits per heavy atom. The molecule has 0 amide bonds. The lowest BCUT2D eigenvalue weighted by Gasteiger charge is -2.32. The molecule has 1 aliphatic carbocycles. The highest BCUT2D eigenvalue weighted by Crippen LogP contribution is 2.34. The van der Waals surface area contributed by atoms with Crippen molar-refractivity contribution in [2.24, 2.45) is 0 Å². The molecule has 2 rings (SSSR count). The van der Waals surface area contributed by atoms with Crippen molar-refractivity contribution < 1.29 is 9.84 Å². The minimum atomic E-state index is -0.445. The van der Waals surface area contributed by atoms with E-state index >= 15 is 0 Å². The van der Waals surface area contributed by atoms with E-state index in [1.807, 2.05) is 19.2 Å². The Hall–Kier alpha value is -0.930. The van der Waals surface area contributed by atoms with Gasteiger partial charge in [-0.05, 0) is 37.3 Å². The maximum Gasteiger partial charge on any atom is 0.0885 e. The summed E-state index contributed by atoms with van der Waals surface area (Å²) >= 11 is 0. The number of ether oxygens (including phenoxy) is 1. The summed E-state index contributed by atoms with van der Waals surface area (Å²) in [5, 5.41) is 10.4. The van der Waals surface area contributed by atoms with E-state index in [9.17, 15) is 5.11 Å². The monoisotopic (exact) mass is 235 g/mol. The van der Waals surface area contributed by atoms with Gasteiger partial charge in [-0.15, -0.1) is 0 Å². The summed E-state index contributed by atoms with van der Waals surface area (Å²) in [5.74, 6) is 0.129. The highest BCUT2D eigenvalue weighted by molar-refractivity contribution is 5.27. The van der Waals surface area contributed by atoms with Gasteiger partial charge in [0.25, 0.3) is 0 Å². The summed E-state index contributed by atoms with van der Waals surface area (Å²) in [5.41, 5.74) is 2.36. The fraction of sp³-hybridized carbons (Fsp3) is 0.643. The molecule has 0 fully saturated rings. The van der Waals surface area contributed by atoms with Gasteiger partial charge in [0.2, 0.25) is 0 Å². The second-order valence-electron chi connectivity index (χ2n) is 4.72. The van der Waals surface area contributed by atoms with Gasteiger partial charge in [-0.2, -0.15) is 0 Å². The minimum Gasteiger partial charge on any atom is -0.390 e. The van der Waals surface area contributed by atoms with Crippen LogP contribution in [0.2, 0.25) is 0 Å². The number of fused-ring (bicyclic) bond motifs is 1. The maximum atomic E-state index is 10.4. The normalized spacial score (nSPS) is 22.9. The van der Waals surface area contributed by atoms with Crippen LogP contribution in [0.1, 0.15) is 43.4 Å². The standard InChI is InChI=1S/C14H21NO2/c1-3-12(17-2)14(16)11-8-4-6-10-7-5-9-15-13(10)11/h5,7,9,11-12,14,16H,3-4,6,8H2,1-2H3. The molecule has 0 saturated heterocycles. The Morgan fingerprint density at radius 1 is 1.59 bits per heavy atom. The number of aliphatic hydroxyl groups is 1. The lowest BCUT2D eigenvalue weighted by molar-refractivity contribution is -0.0301. The van der Waals surface area contributed by atoms with Gasteiger partial charge in [-0.25, -0.2) is 0 Å². The van der Waals surface area contributed by atoms with E-state index in [0.29, 0.717) is 0 Å². The number of aromatic nitrogens is 1. The summed E-state index contributed by atoms with van der Waals surface area (Å²) in [7, 11) is 1.67. The number of aliphatic hydroxyl groups excluding tert-OH is 1. The van der Waals surface area contributed by atoms with Crippen molar-refractivity contribution in [3.8, 4) is 0 Å². The zero-order chi connectivity index (χ0) is 12.3. The van der Waals surface area contributed by atoms with Gasteiger partial charge < -0.3 is 9.84 Å².